The van der Waals surface area contributed by atoms with Gasteiger partial charge in [-0.25, -0.2) is 0 Å². The van der Waals surface area contributed by atoms with E-state index in [0.717, 1.165) is 22.1 Å². The van der Waals surface area contributed by atoms with E-state index in [1.807, 2.05) is 41.9 Å². The van der Waals surface area contributed by atoms with Gasteiger partial charge in [0, 0.05) is 40.8 Å². The van der Waals surface area contributed by atoms with Crippen LogP contribution in [-0.2, 0) is 12.8 Å². The number of aromatic nitrogens is 4. The zero-order chi connectivity index (χ0) is 15.5. The van der Waals surface area contributed by atoms with E-state index in [9.17, 15) is 0 Å². The van der Waals surface area contributed by atoms with Crippen molar-refractivity contribution >= 4 is 35.0 Å². The van der Waals surface area contributed by atoms with Crippen molar-refractivity contribution in [1.29, 1.82) is 0 Å². The minimum atomic E-state index is 0.640. The van der Waals surface area contributed by atoms with E-state index in [2.05, 4.69) is 15.2 Å². The number of benzene rings is 1. The van der Waals surface area contributed by atoms with Gasteiger partial charge in [0.2, 0.25) is 0 Å². The van der Waals surface area contributed by atoms with E-state index < -0.39 is 0 Å². The lowest BCUT2D eigenvalue weighted by atomic mass is 10.2. The highest BCUT2D eigenvalue weighted by molar-refractivity contribution is 7.98. The fourth-order valence-electron chi connectivity index (χ4n) is 2.00. The first-order valence-corrected chi connectivity index (χ1v) is 8.26. The number of pyridine rings is 1. The van der Waals surface area contributed by atoms with Crippen LogP contribution in [0.2, 0.25) is 10.0 Å². The second kappa shape index (κ2) is 6.69. The summed E-state index contributed by atoms with van der Waals surface area (Å²) in [4.78, 5) is 4.01. The van der Waals surface area contributed by atoms with Gasteiger partial charge in [0.1, 0.15) is 0 Å². The maximum absolute atomic E-state index is 6.19. The molecule has 0 fully saturated rings. The molecule has 7 heteroatoms. The zero-order valence-electron chi connectivity index (χ0n) is 11.7. The molecule has 2 heterocycles. The Balaban J connectivity index is 1.81. The van der Waals surface area contributed by atoms with Crippen molar-refractivity contribution in [2.45, 2.75) is 10.9 Å². The molecule has 3 aromatic rings. The van der Waals surface area contributed by atoms with Crippen molar-refractivity contribution in [3.63, 3.8) is 0 Å². The van der Waals surface area contributed by atoms with E-state index in [1.54, 1.807) is 24.2 Å². The largest absolute Gasteiger partial charge is 0.305 e. The highest BCUT2D eigenvalue weighted by Gasteiger charge is 2.13. The summed E-state index contributed by atoms with van der Waals surface area (Å²) >= 11 is 13.9. The van der Waals surface area contributed by atoms with Gasteiger partial charge in [0.15, 0.2) is 11.0 Å². The van der Waals surface area contributed by atoms with Gasteiger partial charge in [-0.1, -0.05) is 41.0 Å². The summed E-state index contributed by atoms with van der Waals surface area (Å²) < 4.78 is 1.95. The molecule has 0 atom stereocenters. The van der Waals surface area contributed by atoms with E-state index in [0.29, 0.717) is 15.8 Å². The monoisotopic (exact) mass is 350 g/mol. The van der Waals surface area contributed by atoms with Crippen LogP contribution < -0.4 is 0 Å². The van der Waals surface area contributed by atoms with Crippen molar-refractivity contribution in [1.82, 2.24) is 19.7 Å². The Kier molecular flexibility index (Phi) is 4.66. The molecule has 2 aromatic heterocycles. The highest BCUT2D eigenvalue weighted by Crippen LogP contribution is 2.31. The van der Waals surface area contributed by atoms with Crippen LogP contribution in [0.4, 0.5) is 0 Å². The lowest BCUT2D eigenvalue weighted by Gasteiger charge is -2.07. The number of hydrogen-bond acceptors (Lipinski definition) is 4. The molecule has 22 heavy (non-hydrogen) atoms. The van der Waals surface area contributed by atoms with E-state index in [-0.39, 0.29) is 0 Å². The second-order valence-electron chi connectivity index (χ2n) is 4.59. The molecule has 0 spiro atoms. The van der Waals surface area contributed by atoms with Crippen LogP contribution in [0.15, 0.2) is 47.9 Å². The Hall–Kier alpha value is -1.56. The SMILES string of the molecule is Cn1c(SCc2c(Cl)cccc2Cl)nnc1-c1ccncc1. The molecule has 0 N–H and O–H groups in total. The van der Waals surface area contributed by atoms with E-state index in [1.165, 1.54) is 0 Å². The van der Waals surface area contributed by atoms with Crippen LogP contribution in [0, 0.1) is 0 Å². The van der Waals surface area contributed by atoms with Gasteiger partial charge in [-0.05, 0) is 29.8 Å². The Morgan fingerprint density at radius 3 is 2.41 bits per heavy atom. The molecule has 3 rings (SSSR count). The van der Waals surface area contributed by atoms with Crippen LogP contribution in [0.1, 0.15) is 5.56 Å². The third-order valence-electron chi connectivity index (χ3n) is 3.18. The number of rotatable bonds is 4. The molecule has 0 aliphatic carbocycles. The quantitative estimate of drug-likeness (QED) is 0.650. The highest BCUT2D eigenvalue weighted by atomic mass is 35.5. The molecule has 0 bridgehead atoms. The smallest absolute Gasteiger partial charge is 0.191 e. The molecular weight excluding hydrogens is 339 g/mol. The van der Waals surface area contributed by atoms with Crippen LogP contribution in [-0.4, -0.2) is 19.7 Å². The molecule has 1 aromatic carbocycles. The molecule has 4 nitrogen and oxygen atoms in total. The van der Waals surface area contributed by atoms with Crippen LogP contribution in [0.5, 0.6) is 0 Å². The third kappa shape index (κ3) is 3.11. The van der Waals surface area contributed by atoms with Gasteiger partial charge >= 0.3 is 0 Å². The minimum Gasteiger partial charge on any atom is -0.305 e. The molecule has 0 unspecified atom stereocenters. The summed E-state index contributed by atoms with van der Waals surface area (Å²) in [5, 5.41) is 10.6. The lowest BCUT2D eigenvalue weighted by Crippen LogP contribution is -1.95. The number of hydrogen-bond donors (Lipinski definition) is 0. The molecule has 0 aliphatic heterocycles. The Bertz CT molecular complexity index is 769. The van der Waals surface area contributed by atoms with Crippen LogP contribution >= 0.6 is 35.0 Å². The fraction of sp³-hybridized carbons (Fsp3) is 0.133. The van der Waals surface area contributed by atoms with Gasteiger partial charge in [-0.15, -0.1) is 10.2 Å². The standard InChI is InChI=1S/C15H12Cl2N4S/c1-21-14(10-5-7-18-8-6-10)19-20-15(21)22-9-11-12(16)3-2-4-13(11)17/h2-8H,9H2,1H3. The first-order chi connectivity index (χ1) is 10.7. The van der Waals surface area contributed by atoms with Crippen molar-refractivity contribution in [2.24, 2.45) is 7.05 Å². The summed E-state index contributed by atoms with van der Waals surface area (Å²) in [6, 6.07) is 9.32. The lowest BCUT2D eigenvalue weighted by molar-refractivity contribution is 0.793. The van der Waals surface area contributed by atoms with Crippen LogP contribution in [0.25, 0.3) is 11.4 Å². The second-order valence-corrected chi connectivity index (χ2v) is 6.35. The molecule has 0 aliphatic rings. The summed E-state index contributed by atoms with van der Waals surface area (Å²) in [7, 11) is 1.94. The average molecular weight is 351 g/mol. The van der Waals surface area contributed by atoms with Crippen molar-refractivity contribution < 1.29 is 0 Å². The van der Waals surface area contributed by atoms with Gasteiger partial charge in [0.25, 0.3) is 0 Å². The van der Waals surface area contributed by atoms with Crippen LogP contribution in [0.3, 0.4) is 0 Å². The molecule has 0 saturated carbocycles. The normalized spacial score (nSPS) is 10.9. The predicted molar refractivity (Wildman–Crippen MR) is 90.3 cm³/mol. The van der Waals surface area contributed by atoms with Gasteiger partial charge in [-0.2, -0.15) is 0 Å². The predicted octanol–water partition coefficient (Wildman–Crippen LogP) is 4.48. The van der Waals surface area contributed by atoms with E-state index >= 15 is 0 Å². The Morgan fingerprint density at radius 2 is 1.73 bits per heavy atom. The summed E-state index contributed by atoms with van der Waals surface area (Å²) in [6.07, 6.45) is 3.47. The van der Waals surface area contributed by atoms with Crippen molar-refractivity contribution in [3.05, 3.63) is 58.3 Å². The molecular formula is C15H12Cl2N4S. The Labute approximate surface area is 142 Å². The Morgan fingerprint density at radius 1 is 1.05 bits per heavy atom. The number of thioether (sulfide) groups is 1. The summed E-state index contributed by atoms with van der Waals surface area (Å²) in [5.41, 5.74) is 1.89. The topological polar surface area (TPSA) is 43.6 Å². The zero-order valence-corrected chi connectivity index (χ0v) is 14.0. The average Bonchev–Trinajstić information content (AvgIpc) is 2.89. The van der Waals surface area contributed by atoms with Crippen molar-refractivity contribution in [2.75, 3.05) is 0 Å². The first-order valence-electron chi connectivity index (χ1n) is 6.52. The molecule has 0 amide bonds. The summed E-state index contributed by atoms with van der Waals surface area (Å²) in [6.45, 7) is 0. The first kappa shape index (κ1) is 15.3. The van der Waals surface area contributed by atoms with Gasteiger partial charge in [0.05, 0.1) is 0 Å². The third-order valence-corrected chi connectivity index (χ3v) is 4.94. The molecule has 0 saturated heterocycles. The van der Waals surface area contributed by atoms with Gasteiger partial charge < -0.3 is 4.57 Å². The minimum absolute atomic E-state index is 0.640. The van der Waals surface area contributed by atoms with Gasteiger partial charge in [-0.3, -0.25) is 4.98 Å². The van der Waals surface area contributed by atoms with E-state index in [4.69, 9.17) is 23.2 Å². The number of halogens is 2. The fourth-order valence-corrected chi connectivity index (χ4v) is 3.65. The van der Waals surface area contributed by atoms with Crippen molar-refractivity contribution in [3.8, 4) is 11.4 Å². The maximum Gasteiger partial charge on any atom is 0.191 e. The summed E-state index contributed by atoms with van der Waals surface area (Å²) in [5.74, 6) is 1.44. The maximum atomic E-state index is 6.19. The molecule has 0 radical (unpaired) electrons. The molecule has 112 valence electrons. The number of nitrogens with zero attached hydrogens (tertiary/aromatic N) is 4.